The van der Waals surface area contributed by atoms with E-state index in [2.05, 4.69) is 11.0 Å². The lowest BCUT2D eigenvalue weighted by Gasteiger charge is -2.18. The highest BCUT2D eigenvalue weighted by Gasteiger charge is 2.37. The summed E-state index contributed by atoms with van der Waals surface area (Å²) in [6, 6.07) is 2.27. The van der Waals surface area contributed by atoms with E-state index in [0.29, 0.717) is 5.92 Å². The fraction of sp³-hybridized carbons (Fsp3) is 0.875. The molecule has 0 amide bonds. The van der Waals surface area contributed by atoms with Crippen LogP contribution in [0, 0.1) is 23.2 Å². The summed E-state index contributed by atoms with van der Waals surface area (Å²) in [5, 5.41) is 8.49. The summed E-state index contributed by atoms with van der Waals surface area (Å²) in [7, 11) is 0. The van der Waals surface area contributed by atoms with Gasteiger partial charge in [0.05, 0.1) is 6.07 Å². The van der Waals surface area contributed by atoms with Crippen molar-refractivity contribution < 1.29 is 0 Å². The first-order chi connectivity index (χ1) is 4.90. The number of rotatable bonds is 1. The van der Waals surface area contributed by atoms with Gasteiger partial charge in [-0.05, 0) is 24.8 Å². The van der Waals surface area contributed by atoms with Crippen LogP contribution in [-0.4, -0.2) is 24.5 Å². The molecule has 54 valence electrons. The monoisotopic (exact) mass is 136 g/mol. The first-order valence-corrected chi connectivity index (χ1v) is 3.99. The van der Waals surface area contributed by atoms with Crippen molar-refractivity contribution >= 4 is 0 Å². The molecule has 0 aromatic heterocycles. The van der Waals surface area contributed by atoms with E-state index in [1.165, 1.54) is 26.1 Å². The lowest BCUT2D eigenvalue weighted by molar-refractivity contribution is 0.304. The highest BCUT2D eigenvalue weighted by molar-refractivity contribution is 4.93. The first-order valence-electron chi connectivity index (χ1n) is 3.99. The Morgan fingerprint density at radius 3 is 2.90 bits per heavy atom. The molecule has 0 saturated carbocycles. The zero-order chi connectivity index (χ0) is 6.97. The molecule has 0 spiro atoms. The van der Waals surface area contributed by atoms with Crippen molar-refractivity contribution in [1.29, 1.82) is 5.26 Å². The predicted octanol–water partition coefficient (Wildman–Crippen LogP) is 0.852. The Kier molecular flexibility index (Phi) is 1.39. The van der Waals surface area contributed by atoms with E-state index in [9.17, 15) is 0 Å². The van der Waals surface area contributed by atoms with Crippen molar-refractivity contribution in [3.63, 3.8) is 0 Å². The second-order valence-corrected chi connectivity index (χ2v) is 3.43. The van der Waals surface area contributed by atoms with E-state index >= 15 is 0 Å². The van der Waals surface area contributed by atoms with Crippen LogP contribution in [0.2, 0.25) is 0 Å². The summed E-state index contributed by atoms with van der Waals surface area (Å²) < 4.78 is 0. The molecular formula is C8H12N2. The minimum atomic E-state index is 0.707. The van der Waals surface area contributed by atoms with Gasteiger partial charge in [0, 0.05) is 19.5 Å². The standard InChI is InChI=1S/C8H12N2/c9-3-1-7-5-10-4-2-8(7)6-10/h7-8H,1-2,4-6H2. The molecule has 3 unspecified atom stereocenters. The van der Waals surface area contributed by atoms with Crippen molar-refractivity contribution in [2.45, 2.75) is 12.8 Å². The quantitative estimate of drug-likeness (QED) is 0.534. The van der Waals surface area contributed by atoms with Gasteiger partial charge < -0.3 is 4.90 Å². The normalized spacial score (nSPS) is 43.7. The zero-order valence-electron chi connectivity index (χ0n) is 6.08. The molecule has 0 N–H and O–H groups in total. The van der Waals surface area contributed by atoms with E-state index in [1.807, 2.05) is 0 Å². The lowest BCUT2D eigenvalue weighted by atomic mass is 9.90. The molecule has 0 aromatic carbocycles. The maximum Gasteiger partial charge on any atom is 0.0625 e. The first kappa shape index (κ1) is 6.18. The van der Waals surface area contributed by atoms with E-state index in [1.54, 1.807) is 0 Å². The van der Waals surface area contributed by atoms with Gasteiger partial charge in [-0.15, -0.1) is 0 Å². The van der Waals surface area contributed by atoms with Crippen LogP contribution >= 0.6 is 0 Å². The average molecular weight is 136 g/mol. The SMILES string of the molecule is N#CCC1CN2CCC1C2. The Bertz CT molecular complexity index is 171. The molecular weight excluding hydrogens is 124 g/mol. The summed E-state index contributed by atoms with van der Waals surface area (Å²) in [5.74, 6) is 1.57. The topological polar surface area (TPSA) is 27.0 Å². The Balaban J connectivity index is 1.97. The lowest BCUT2D eigenvalue weighted by Crippen LogP contribution is -2.22. The Morgan fingerprint density at radius 1 is 1.50 bits per heavy atom. The van der Waals surface area contributed by atoms with Gasteiger partial charge in [-0.25, -0.2) is 0 Å². The van der Waals surface area contributed by atoms with E-state index in [-0.39, 0.29) is 0 Å². The number of piperidine rings is 1. The third-order valence-corrected chi connectivity index (χ3v) is 2.82. The number of nitrogens with zero attached hydrogens (tertiary/aromatic N) is 2. The van der Waals surface area contributed by atoms with Crippen LogP contribution in [0.3, 0.4) is 0 Å². The molecule has 2 rings (SSSR count). The second-order valence-electron chi connectivity index (χ2n) is 3.43. The molecule has 0 radical (unpaired) electrons. The summed E-state index contributed by atoms with van der Waals surface area (Å²) in [5.41, 5.74) is 0. The predicted molar refractivity (Wildman–Crippen MR) is 38.3 cm³/mol. The Hall–Kier alpha value is -0.550. The molecule has 2 aliphatic rings. The highest BCUT2D eigenvalue weighted by Crippen LogP contribution is 2.34. The fourth-order valence-corrected chi connectivity index (χ4v) is 2.24. The van der Waals surface area contributed by atoms with Gasteiger partial charge in [0.1, 0.15) is 0 Å². The van der Waals surface area contributed by atoms with Gasteiger partial charge in [0.25, 0.3) is 0 Å². The van der Waals surface area contributed by atoms with Crippen molar-refractivity contribution in [2.75, 3.05) is 19.6 Å². The summed E-state index contributed by atoms with van der Waals surface area (Å²) >= 11 is 0. The number of nitriles is 1. The molecule has 2 fully saturated rings. The largest absolute Gasteiger partial charge is 0.303 e. The van der Waals surface area contributed by atoms with E-state index < -0.39 is 0 Å². The number of hydrogen-bond acceptors (Lipinski definition) is 2. The molecule has 3 atom stereocenters. The zero-order valence-corrected chi connectivity index (χ0v) is 6.08. The van der Waals surface area contributed by atoms with Gasteiger partial charge in [-0.2, -0.15) is 5.26 Å². The third kappa shape index (κ3) is 0.819. The molecule has 0 aromatic rings. The maximum absolute atomic E-state index is 8.49. The van der Waals surface area contributed by atoms with Crippen LogP contribution in [0.1, 0.15) is 12.8 Å². The van der Waals surface area contributed by atoms with Gasteiger partial charge >= 0.3 is 0 Å². The van der Waals surface area contributed by atoms with E-state index in [4.69, 9.17) is 5.26 Å². The van der Waals surface area contributed by atoms with Crippen LogP contribution in [0.25, 0.3) is 0 Å². The average Bonchev–Trinajstić information content (AvgIpc) is 2.48. The van der Waals surface area contributed by atoms with Crippen LogP contribution < -0.4 is 0 Å². The molecule has 2 nitrogen and oxygen atoms in total. The Labute approximate surface area is 61.4 Å². The van der Waals surface area contributed by atoms with E-state index in [0.717, 1.165) is 12.3 Å². The summed E-state index contributed by atoms with van der Waals surface area (Å²) in [6.07, 6.45) is 2.12. The molecule has 0 aliphatic carbocycles. The van der Waals surface area contributed by atoms with Gasteiger partial charge in [-0.1, -0.05) is 0 Å². The molecule has 2 heterocycles. The summed E-state index contributed by atoms with van der Waals surface area (Å²) in [4.78, 5) is 2.48. The van der Waals surface area contributed by atoms with Crippen LogP contribution in [-0.2, 0) is 0 Å². The van der Waals surface area contributed by atoms with Gasteiger partial charge in [0.15, 0.2) is 0 Å². The minimum absolute atomic E-state index is 0.707. The van der Waals surface area contributed by atoms with Gasteiger partial charge in [-0.3, -0.25) is 0 Å². The second kappa shape index (κ2) is 2.25. The summed E-state index contributed by atoms with van der Waals surface area (Å²) in [6.45, 7) is 3.75. The molecule has 2 aliphatic heterocycles. The van der Waals surface area contributed by atoms with Crippen LogP contribution in [0.5, 0.6) is 0 Å². The smallest absolute Gasteiger partial charge is 0.0625 e. The van der Waals surface area contributed by atoms with Crippen molar-refractivity contribution in [1.82, 2.24) is 4.90 Å². The minimum Gasteiger partial charge on any atom is -0.303 e. The molecule has 2 saturated heterocycles. The van der Waals surface area contributed by atoms with Crippen molar-refractivity contribution in [2.24, 2.45) is 11.8 Å². The van der Waals surface area contributed by atoms with Crippen molar-refractivity contribution in [3.05, 3.63) is 0 Å². The third-order valence-electron chi connectivity index (χ3n) is 2.82. The maximum atomic E-state index is 8.49. The van der Waals surface area contributed by atoms with Gasteiger partial charge in [0.2, 0.25) is 0 Å². The number of hydrogen-bond donors (Lipinski definition) is 0. The fourth-order valence-electron chi connectivity index (χ4n) is 2.24. The molecule has 10 heavy (non-hydrogen) atoms. The Morgan fingerprint density at radius 2 is 2.40 bits per heavy atom. The van der Waals surface area contributed by atoms with Crippen LogP contribution in [0.15, 0.2) is 0 Å². The molecule has 2 bridgehead atoms. The van der Waals surface area contributed by atoms with Crippen LogP contribution in [0.4, 0.5) is 0 Å². The molecule has 2 heteroatoms. The highest BCUT2D eigenvalue weighted by atomic mass is 15.2. The van der Waals surface area contributed by atoms with Crippen molar-refractivity contribution in [3.8, 4) is 6.07 Å². The number of fused-ring (bicyclic) bond motifs is 2.